The Morgan fingerprint density at radius 2 is 1.75 bits per heavy atom. The van der Waals surface area contributed by atoms with E-state index in [4.69, 9.17) is 5.73 Å². The van der Waals surface area contributed by atoms with E-state index in [1.54, 1.807) is 18.2 Å². The van der Waals surface area contributed by atoms with Crippen LogP contribution in [-0.4, -0.2) is 5.91 Å². The van der Waals surface area contributed by atoms with E-state index in [1.165, 1.54) is 5.56 Å². The fourth-order valence-electron chi connectivity index (χ4n) is 2.05. The Balaban J connectivity index is 2.17. The lowest BCUT2D eigenvalue weighted by Crippen LogP contribution is -2.14. The number of rotatable bonds is 3. The summed E-state index contributed by atoms with van der Waals surface area (Å²) in [7, 11) is 0. The fraction of sp³-hybridized carbons (Fsp3) is 0.235. The van der Waals surface area contributed by atoms with Gasteiger partial charge in [0.15, 0.2) is 0 Å². The van der Waals surface area contributed by atoms with Crippen molar-refractivity contribution in [3.8, 4) is 0 Å². The van der Waals surface area contributed by atoms with E-state index >= 15 is 0 Å². The molecular formula is C17H20N2O. The van der Waals surface area contributed by atoms with Crippen molar-refractivity contribution < 1.29 is 4.79 Å². The zero-order valence-corrected chi connectivity index (χ0v) is 12.1. The molecule has 0 bridgehead atoms. The Bertz CT molecular complexity index is 615. The van der Waals surface area contributed by atoms with Gasteiger partial charge in [0.1, 0.15) is 0 Å². The molecule has 3 heteroatoms. The molecule has 0 spiro atoms. The molecule has 0 atom stereocenters. The molecule has 0 saturated heterocycles. The average molecular weight is 268 g/mol. The van der Waals surface area contributed by atoms with Crippen molar-refractivity contribution in [3.63, 3.8) is 0 Å². The number of hydrogen-bond donors (Lipinski definition) is 2. The molecule has 0 radical (unpaired) electrons. The van der Waals surface area contributed by atoms with Crippen LogP contribution in [0.2, 0.25) is 0 Å². The van der Waals surface area contributed by atoms with Crippen molar-refractivity contribution in [3.05, 3.63) is 59.2 Å². The Morgan fingerprint density at radius 3 is 2.35 bits per heavy atom. The molecule has 3 nitrogen and oxygen atoms in total. The van der Waals surface area contributed by atoms with Crippen molar-refractivity contribution in [2.45, 2.75) is 26.7 Å². The highest BCUT2D eigenvalue weighted by molar-refractivity contribution is 6.06. The first-order valence-electron chi connectivity index (χ1n) is 6.75. The van der Waals surface area contributed by atoms with E-state index < -0.39 is 0 Å². The summed E-state index contributed by atoms with van der Waals surface area (Å²) in [5, 5.41) is 2.90. The summed E-state index contributed by atoms with van der Waals surface area (Å²) in [6, 6.07) is 13.3. The molecule has 0 aliphatic rings. The quantitative estimate of drug-likeness (QED) is 0.828. The van der Waals surface area contributed by atoms with Crippen LogP contribution in [0.5, 0.6) is 0 Å². The number of nitrogen functional groups attached to an aromatic ring is 1. The molecule has 2 aromatic carbocycles. The van der Waals surface area contributed by atoms with Gasteiger partial charge in [0.05, 0.1) is 0 Å². The minimum atomic E-state index is -0.132. The molecule has 2 rings (SSSR count). The minimum absolute atomic E-state index is 0.132. The highest BCUT2D eigenvalue weighted by Gasteiger charge is 2.10. The summed E-state index contributed by atoms with van der Waals surface area (Å²) in [4.78, 5) is 12.2. The summed E-state index contributed by atoms with van der Waals surface area (Å²) >= 11 is 0. The summed E-state index contributed by atoms with van der Waals surface area (Å²) in [5.41, 5.74) is 9.92. The molecule has 0 heterocycles. The van der Waals surface area contributed by atoms with Gasteiger partial charge in [0, 0.05) is 16.9 Å². The fourth-order valence-corrected chi connectivity index (χ4v) is 2.05. The van der Waals surface area contributed by atoms with Gasteiger partial charge in [0.25, 0.3) is 5.91 Å². The zero-order valence-electron chi connectivity index (χ0n) is 12.1. The van der Waals surface area contributed by atoms with Crippen molar-refractivity contribution in [1.82, 2.24) is 0 Å². The third kappa shape index (κ3) is 2.99. The predicted molar refractivity (Wildman–Crippen MR) is 84.1 cm³/mol. The van der Waals surface area contributed by atoms with E-state index in [-0.39, 0.29) is 5.91 Å². The molecule has 1 amide bonds. The van der Waals surface area contributed by atoms with Crippen molar-refractivity contribution in [2.24, 2.45) is 0 Å². The predicted octanol–water partition coefficient (Wildman–Crippen LogP) is 3.95. The van der Waals surface area contributed by atoms with Gasteiger partial charge in [-0.25, -0.2) is 0 Å². The lowest BCUT2D eigenvalue weighted by Gasteiger charge is -2.10. The number of amides is 1. The Kier molecular flexibility index (Phi) is 4.08. The second-order valence-electron chi connectivity index (χ2n) is 5.25. The molecule has 0 fully saturated rings. The van der Waals surface area contributed by atoms with Gasteiger partial charge >= 0.3 is 0 Å². The highest BCUT2D eigenvalue weighted by Crippen LogP contribution is 2.20. The van der Waals surface area contributed by atoms with Gasteiger partial charge in [-0.3, -0.25) is 4.79 Å². The molecule has 20 heavy (non-hydrogen) atoms. The van der Waals surface area contributed by atoms with Crippen LogP contribution in [0.4, 0.5) is 11.4 Å². The first-order valence-corrected chi connectivity index (χ1v) is 6.75. The third-order valence-corrected chi connectivity index (χ3v) is 3.46. The van der Waals surface area contributed by atoms with Crippen LogP contribution in [0, 0.1) is 6.92 Å². The summed E-state index contributed by atoms with van der Waals surface area (Å²) in [5.74, 6) is 0.350. The molecule has 0 aliphatic heterocycles. The number of anilines is 2. The smallest absolute Gasteiger partial charge is 0.256 e. The number of nitrogens with two attached hydrogens (primary N) is 1. The normalized spacial score (nSPS) is 10.6. The number of carbonyl (C=O) groups excluding carboxylic acids is 1. The Morgan fingerprint density at radius 1 is 1.10 bits per heavy atom. The molecule has 0 aliphatic carbocycles. The Labute approximate surface area is 119 Å². The topological polar surface area (TPSA) is 55.1 Å². The van der Waals surface area contributed by atoms with Crippen LogP contribution in [-0.2, 0) is 0 Å². The highest BCUT2D eigenvalue weighted by atomic mass is 16.1. The third-order valence-electron chi connectivity index (χ3n) is 3.46. The maximum atomic E-state index is 12.2. The van der Waals surface area contributed by atoms with Gasteiger partial charge in [0.2, 0.25) is 0 Å². The van der Waals surface area contributed by atoms with Gasteiger partial charge in [-0.15, -0.1) is 0 Å². The average Bonchev–Trinajstić information content (AvgIpc) is 2.42. The van der Waals surface area contributed by atoms with Crippen molar-refractivity contribution in [1.29, 1.82) is 0 Å². The lowest BCUT2D eigenvalue weighted by molar-refractivity contribution is 0.102. The van der Waals surface area contributed by atoms with Crippen molar-refractivity contribution >= 4 is 17.3 Å². The molecule has 2 aromatic rings. The maximum absolute atomic E-state index is 12.2. The first-order chi connectivity index (χ1) is 9.49. The summed E-state index contributed by atoms with van der Waals surface area (Å²) in [6.07, 6.45) is 0. The van der Waals surface area contributed by atoms with Gasteiger partial charge in [-0.1, -0.05) is 32.0 Å². The minimum Gasteiger partial charge on any atom is -0.398 e. The van der Waals surface area contributed by atoms with E-state index in [9.17, 15) is 4.79 Å². The van der Waals surface area contributed by atoms with Crippen LogP contribution in [0.3, 0.4) is 0 Å². The second-order valence-corrected chi connectivity index (χ2v) is 5.25. The number of hydrogen-bond acceptors (Lipinski definition) is 2. The van der Waals surface area contributed by atoms with E-state index in [0.717, 1.165) is 11.3 Å². The van der Waals surface area contributed by atoms with E-state index in [1.807, 2.05) is 31.2 Å². The van der Waals surface area contributed by atoms with Crippen molar-refractivity contribution in [2.75, 3.05) is 11.1 Å². The van der Waals surface area contributed by atoms with Crippen LogP contribution >= 0.6 is 0 Å². The standard InChI is InChI=1S/C17H20N2O/c1-11(2)13-7-9-14(10-8-13)19-17(20)15-5-4-6-16(18)12(15)3/h4-11H,18H2,1-3H3,(H,19,20). The van der Waals surface area contributed by atoms with Gasteiger partial charge in [-0.2, -0.15) is 0 Å². The molecule has 0 saturated carbocycles. The lowest BCUT2D eigenvalue weighted by atomic mass is 10.0. The number of benzene rings is 2. The summed E-state index contributed by atoms with van der Waals surface area (Å²) in [6.45, 7) is 6.14. The first kappa shape index (κ1) is 14.1. The largest absolute Gasteiger partial charge is 0.398 e. The van der Waals surface area contributed by atoms with E-state index in [0.29, 0.717) is 17.2 Å². The zero-order chi connectivity index (χ0) is 14.7. The summed E-state index contributed by atoms with van der Waals surface area (Å²) < 4.78 is 0. The number of carbonyl (C=O) groups is 1. The molecule has 0 unspecified atom stereocenters. The van der Waals surface area contributed by atoms with Gasteiger partial charge in [-0.05, 0) is 48.2 Å². The second kappa shape index (κ2) is 5.78. The monoisotopic (exact) mass is 268 g/mol. The SMILES string of the molecule is Cc1c(N)cccc1C(=O)Nc1ccc(C(C)C)cc1. The molecule has 3 N–H and O–H groups in total. The van der Waals surface area contributed by atoms with Crippen LogP contribution in [0.1, 0.15) is 41.3 Å². The number of nitrogens with one attached hydrogen (secondary N) is 1. The molecular weight excluding hydrogens is 248 g/mol. The molecule has 0 aromatic heterocycles. The van der Waals surface area contributed by atoms with E-state index in [2.05, 4.69) is 19.2 Å². The van der Waals surface area contributed by atoms with Gasteiger partial charge < -0.3 is 11.1 Å². The Hall–Kier alpha value is -2.29. The maximum Gasteiger partial charge on any atom is 0.256 e. The van der Waals surface area contributed by atoms with Crippen LogP contribution < -0.4 is 11.1 Å². The molecule has 104 valence electrons. The van der Waals surface area contributed by atoms with Crippen LogP contribution in [0.15, 0.2) is 42.5 Å². The van der Waals surface area contributed by atoms with Crippen LogP contribution in [0.25, 0.3) is 0 Å².